The second kappa shape index (κ2) is 10.1. The SMILES string of the molecule is O=C(c1cccc(F)c1)N1CCN(c2nc(C3CCCCC3)nc3c2cnn3-c2ccccc2Cl)CC1. The molecule has 2 aromatic carbocycles. The first-order valence-electron chi connectivity index (χ1n) is 12.9. The summed E-state index contributed by atoms with van der Waals surface area (Å²) in [6.45, 7) is 2.29. The quantitative estimate of drug-likeness (QED) is 0.351. The number of rotatable bonds is 4. The van der Waals surface area contributed by atoms with Crippen LogP contribution in [0.5, 0.6) is 0 Å². The van der Waals surface area contributed by atoms with Crippen LogP contribution in [0.4, 0.5) is 10.2 Å². The van der Waals surface area contributed by atoms with E-state index in [9.17, 15) is 9.18 Å². The average molecular weight is 519 g/mol. The number of aromatic nitrogens is 4. The van der Waals surface area contributed by atoms with Crippen LogP contribution < -0.4 is 4.90 Å². The number of carbonyl (C=O) groups excluding carboxylic acids is 1. The van der Waals surface area contributed by atoms with E-state index in [1.807, 2.05) is 30.5 Å². The Hall–Kier alpha value is -3.52. The Labute approximate surface area is 219 Å². The van der Waals surface area contributed by atoms with Gasteiger partial charge in [0.25, 0.3) is 5.91 Å². The fourth-order valence-corrected chi connectivity index (χ4v) is 5.63. The first-order valence-corrected chi connectivity index (χ1v) is 13.3. The highest BCUT2D eigenvalue weighted by Crippen LogP contribution is 2.35. The molecule has 2 fully saturated rings. The zero-order valence-corrected chi connectivity index (χ0v) is 21.2. The molecule has 0 N–H and O–H groups in total. The van der Waals surface area contributed by atoms with Crippen molar-refractivity contribution in [2.45, 2.75) is 38.0 Å². The summed E-state index contributed by atoms with van der Waals surface area (Å²) in [5.41, 5.74) is 1.90. The van der Waals surface area contributed by atoms with Gasteiger partial charge in [-0.05, 0) is 43.2 Å². The summed E-state index contributed by atoms with van der Waals surface area (Å²) in [6.07, 6.45) is 7.60. The number of halogens is 2. The fraction of sp³-hybridized carbons (Fsp3) is 0.357. The van der Waals surface area contributed by atoms with Crippen LogP contribution in [0.2, 0.25) is 5.02 Å². The second-order valence-electron chi connectivity index (χ2n) is 9.78. The second-order valence-corrected chi connectivity index (χ2v) is 10.2. The van der Waals surface area contributed by atoms with E-state index in [0.717, 1.165) is 41.2 Å². The van der Waals surface area contributed by atoms with Crippen molar-refractivity contribution in [3.05, 3.63) is 77.0 Å². The minimum absolute atomic E-state index is 0.151. The van der Waals surface area contributed by atoms with Gasteiger partial charge in [0, 0.05) is 37.7 Å². The lowest BCUT2D eigenvalue weighted by Crippen LogP contribution is -2.49. The first-order chi connectivity index (χ1) is 18.1. The minimum Gasteiger partial charge on any atom is -0.352 e. The zero-order valence-electron chi connectivity index (χ0n) is 20.5. The van der Waals surface area contributed by atoms with E-state index in [4.69, 9.17) is 21.6 Å². The van der Waals surface area contributed by atoms with Crippen LogP contribution in [-0.4, -0.2) is 56.7 Å². The van der Waals surface area contributed by atoms with E-state index in [-0.39, 0.29) is 5.91 Å². The predicted molar refractivity (Wildman–Crippen MR) is 142 cm³/mol. The number of benzene rings is 2. The lowest BCUT2D eigenvalue weighted by atomic mass is 9.88. The Kier molecular flexibility index (Phi) is 6.50. The standard InChI is InChI=1S/C28H28ClFN6O/c29-23-11-4-5-12-24(23)36-27-22(18-31-36)26(32-25(33-27)19-7-2-1-3-8-19)34-13-15-35(16-14-34)28(37)20-9-6-10-21(30)17-20/h4-6,9-12,17-19H,1-3,7-8,13-16H2. The number of piperazine rings is 1. The van der Waals surface area contributed by atoms with Crippen molar-refractivity contribution in [1.82, 2.24) is 24.6 Å². The molecule has 7 nitrogen and oxygen atoms in total. The Morgan fingerprint density at radius 2 is 1.73 bits per heavy atom. The molecule has 0 bridgehead atoms. The van der Waals surface area contributed by atoms with E-state index in [1.54, 1.807) is 21.7 Å². The highest BCUT2D eigenvalue weighted by molar-refractivity contribution is 6.32. The molecular formula is C28H28ClFN6O. The molecule has 0 spiro atoms. The molecule has 9 heteroatoms. The van der Waals surface area contributed by atoms with Crippen molar-refractivity contribution < 1.29 is 9.18 Å². The van der Waals surface area contributed by atoms with Gasteiger partial charge in [-0.3, -0.25) is 4.79 Å². The number of hydrogen-bond acceptors (Lipinski definition) is 5. The number of carbonyl (C=O) groups is 1. The van der Waals surface area contributed by atoms with Gasteiger partial charge in [-0.15, -0.1) is 0 Å². The van der Waals surface area contributed by atoms with Crippen molar-refractivity contribution in [2.24, 2.45) is 0 Å². The van der Waals surface area contributed by atoms with Gasteiger partial charge in [-0.2, -0.15) is 5.10 Å². The van der Waals surface area contributed by atoms with Crippen LogP contribution in [-0.2, 0) is 0 Å². The predicted octanol–water partition coefficient (Wildman–Crippen LogP) is 5.62. The molecule has 0 unspecified atom stereocenters. The summed E-state index contributed by atoms with van der Waals surface area (Å²) < 4.78 is 15.5. The van der Waals surface area contributed by atoms with Crippen LogP contribution in [0.3, 0.4) is 0 Å². The lowest BCUT2D eigenvalue weighted by Gasteiger charge is -2.36. The maximum atomic E-state index is 13.7. The number of nitrogens with zero attached hydrogens (tertiary/aromatic N) is 6. The van der Waals surface area contributed by atoms with E-state index in [2.05, 4.69) is 10.00 Å². The van der Waals surface area contributed by atoms with E-state index in [1.165, 1.54) is 31.4 Å². The van der Waals surface area contributed by atoms with E-state index in [0.29, 0.717) is 42.7 Å². The van der Waals surface area contributed by atoms with Gasteiger partial charge in [0.1, 0.15) is 17.5 Å². The highest BCUT2D eigenvalue weighted by atomic mass is 35.5. The van der Waals surface area contributed by atoms with Gasteiger partial charge in [-0.25, -0.2) is 19.0 Å². The molecule has 0 radical (unpaired) electrons. The molecule has 6 rings (SSSR count). The average Bonchev–Trinajstić information content (AvgIpc) is 3.37. The van der Waals surface area contributed by atoms with Crippen LogP contribution in [0, 0.1) is 5.82 Å². The number of para-hydroxylation sites is 1. The summed E-state index contributed by atoms with van der Waals surface area (Å²) in [5, 5.41) is 6.14. The van der Waals surface area contributed by atoms with E-state index < -0.39 is 5.82 Å². The molecule has 1 saturated heterocycles. The maximum Gasteiger partial charge on any atom is 0.254 e. The normalized spacial score (nSPS) is 16.9. The third-order valence-electron chi connectivity index (χ3n) is 7.41. The van der Waals surface area contributed by atoms with Crippen LogP contribution >= 0.6 is 11.6 Å². The van der Waals surface area contributed by atoms with Gasteiger partial charge >= 0.3 is 0 Å². The molecular weight excluding hydrogens is 491 g/mol. The van der Waals surface area contributed by atoms with Crippen molar-refractivity contribution in [3.63, 3.8) is 0 Å². The molecule has 2 aromatic heterocycles. The van der Waals surface area contributed by atoms with Crippen LogP contribution in [0.25, 0.3) is 16.7 Å². The Morgan fingerprint density at radius 3 is 2.49 bits per heavy atom. The smallest absolute Gasteiger partial charge is 0.254 e. The number of fused-ring (bicyclic) bond motifs is 1. The van der Waals surface area contributed by atoms with Crippen molar-refractivity contribution in [1.29, 1.82) is 0 Å². The summed E-state index contributed by atoms with van der Waals surface area (Å²) in [7, 11) is 0. The van der Waals surface area contributed by atoms with E-state index >= 15 is 0 Å². The third-order valence-corrected chi connectivity index (χ3v) is 7.73. The van der Waals surface area contributed by atoms with Gasteiger partial charge in [0.05, 0.1) is 22.3 Å². The summed E-state index contributed by atoms with van der Waals surface area (Å²) in [4.78, 5) is 27.1. The van der Waals surface area contributed by atoms with Crippen LogP contribution in [0.1, 0.15) is 54.2 Å². The zero-order chi connectivity index (χ0) is 25.4. The molecule has 37 heavy (non-hydrogen) atoms. The minimum atomic E-state index is -0.404. The van der Waals surface area contributed by atoms with Crippen LogP contribution in [0.15, 0.2) is 54.7 Å². The topological polar surface area (TPSA) is 67.2 Å². The monoisotopic (exact) mass is 518 g/mol. The number of amides is 1. The van der Waals surface area contributed by atoms with Gasteiger partial charge < -0.3 is 9.80 Å². The molecule has 1 aliphatic carbocycles. The molecule has 1 saturated carbocycles. The summed E-state index contributed by atoms with van der Waals surface area (Å²) >= 11 is 6.52. The molecule has 2 aliphatic rings. The molecule has 190 valence electrons. The Bertz CT molecular complexity index is 1440. The highest BCUT2D eigenvalue weighted by Gasteiger charge is 2.28. The molecule has 1 aliphatic heterocycles. The Balaban J connectivity index is 1.33. The van der Waals surface area contributed by atoms with Gasteiger partial charge in [-0.1, -0.05) is 49.1 Å². The first kappa shape index (κ1) is 23.9. The molecule has 3 heterocycles. The molecule has 4 aromatic rings. The Morgan fingerprint density at radius 1 is 0.946 bits per heavy atom. The largest absolute Gasteiger partial charge is 0.352 e. The number of hydrogen-bond donors (Lipinski definition) is 0. The molecule has 0 atom stereocenters. The third kappa shape index (κ3) is 4.66. The summed E-state index contributed by atoms with van der Waals surface area (Å²) in [5.74, 6) is 1.47. The van der Waals surface area contributed by atoms with Gasteiger partial charge in [0.15, 0.2) is 5.65 Å². The van der Waals surface area contributed by atoms with Crippen molar-refractivity contribution in [3.8, 4) is 5.69 Å². The van der Waals surface area contributed by atoms with Gasteiger partial charge in [0.2, 0.25) is 0 Å². The maximum absolute atomic E-state index is 13.7. The van der Waals surface area contributed by atoms with Crippen molar-refractivity contribution in [2.75, 3.05) is 31.1 Å². The number of anilines is 1. The summed E-state index contributed by atoms with van der Waals surface area (Å²) in [6, 6.07) is 13.5. The fourth-order valence-electron chi connectivity index (χ4n) is 5.42. The molecule has 1 amide bonds. The lowest BCUT2D eigenvalue weighted by molar-refractivity contribution is 0.0746. The van der Waals surface area contributed by atoms with Crippen molar-refractivity contribution >= 4 is 34.4 Å².